The lowest BCUT2D eigenvalue weighted by Gasteiger charge is -2.19. The van der Waals surface area contributed by atoms with Gasteiger partial charge in [-0.1, -0.05) is 35.9 Å². The number of thioether (sulfide) groups is 1. The van der Waals surface area contributed by atoms with Gasteiger partial charge in [-0.2, -0.15) is 0 Å². The number of rotatable bonds is 5. The van der Waals surface area contributed by atoms with Gasteiger partial charge in [0.1, 0.15) is 0 Å². The summed E-state index contributed by atoms with van der Waals surface area (Å²) in [7, 11) is 0. The van der Waals surface area contributed by atoms with Crippen molar-refractivity contribution in [3.63, 3.8) is 0 Å². The molecule has 1 aliphatic rings. The van der Waals surface area contributed by atoms with Crippen molar-refractivity contribution in [1.82, 2.24) is 5.32 Å². The lowest BCUT2D eigenvalue weighted by atomic mass is 10.0. The van der Waals surface area contributed by atoms with Gasteiger partial charge >= 0.3 is 0 Å². The Kier molecular flexibility index (Phi) is 4.74. The van der Waals surface area contributed by atoms with Gasteiger partial charge in [-0.25, -0.2) is 0 Å². The molecule has 0 aromatic heterocycles. The molecule has 1 amide bonds. The molecule has 2 aromatic rings. The summed E-state index contributed by atoms with van der Waals surface area (Å²) in [6.07, 6.45) is 4.32. The van der Waals surface area contributed by atoms with Crippen molar-refractivity contribution in [2.45, 2.75) is 23.8 Å². The third-order valence-corrected chi connectivity index (χ3v) is 5.01. The first-order valence-corrected chi connectivity index (χ1v) is 8.98. The second-order valence-corrected chi connectivity index (χ2v) is 6.82. The summed E-state index contributed by atoms with van der Waals surface area (Å²) in [6.45, 7) is 0. The topological polar surface area (TPSA) is 29.1 Å². The highest BCUT2D eigenvalue weighted by Gasteiger charge is 2.33. The normalized spacial score (nSPS) is 15.4. The number of amides is 1. The zero-order valence-electron chi connectivity index (χ0n) is 12.4. The van der Waals surface area contributed by atoms with Gasteiger partial charge in [-0.15, -0.1) is 11.8 Å². The van der Waals surface area contributed by atoms with Crippen molar-refractivity contribution in [3.05, 3.63) is 64.7 Å². The Bertz CT molecular complexity index is 667. The second kappa shape index (κ2) is 6.76. The van der Waals surface area contributed by atoms with Crippen molar-refractivity contribution in [1.29, 1.82) is 0 Å². The van der Waals surface area contributed by atoms with Crippen LogP contribution in [0, 0.1) is 5.92 Å². The largest absolute Gasteiger partial charge is 0.345 e. The van der Waals surface area contributed by atoms with Crippen LogP contribution in [0.15, 0.2) is 53.4 Å². The minimum Gasteiger partial charge on any atom is -0.345 e. The van der Waals surface area contributed by atoms with E-state index in [4.69, 9.17) is 11.6 Å². The molecule has 22 heavy (non-hydrogen) atoms. The molecule has 0 bridgehead atoms. The van der Waals surface area contributed by atoms with Crippen LogP contribution in [0.25, 0.3) is 0 Å². The molecule has 0 aliphatic heterocycles. The van der Waals surface area contributed by atoms with E-state index in [1.807, 2.05) is 54.8 Å². The van der Waals surface area contributed by atoms with Crippen LogP contribution >= 0.6 is 23.4 Å². The molecule has 1 fully saturated rings. The lowest BCUT2D eigenvalue weighted by molar-refractivity contribution is 0.0928. The monoisotopic (exact) mass is 331 g/mol. The van der Waals surface area contributed by atoms with E-state index in [9.17, 15) is 4.79 Å². The highest BCUT2D eigenvalue weighted by atomic mass is 35.5. The maximum atomic E-state index is 12.7. The maximum absolute atomic E-state index is 12.7. The summed E-state index contributed by atoms with van der Waals surface area (Å²) in [5.74, 6) is 0.531. The fourth-order valence-corrected chi connectivity index (χ4v) is 3.35. The van der Waals surface area contributed by atoms with Crippen molar-refractivity contribution in [2.24, 2.45) is 5.92 Å². The van der Waals surface area contributed by atoms with Gasteiger partial charge < -0.3 is 5.32 Å². The molecule has 1 N–H and O–H groups in total. The molecule has 1 unspecified atom stereocenters. The van der Waals surface area contributed by atoms with E-state index in [-0.39, 0.29) is 11.9 Å². The predicted octanol–water partition coefficient (Wildman–Crippen LogP) is 4.94. The molecule has 0 radical (unpaired) electrons. The van der Waals surface area contributed by atoms with Crippen LogP contribution in [0.1, 0.15) is 34.8 Å². The van der Waals surface area contributed by atoms with E-state index in [1.165, 1.54) is 0 Å². The molecule has 3 rings (SSSR count). The molecule has 0 heterocycles. The zero-order chi connectivity index (χ0) is 15.5. The summed E-state index contributed by atoms with van der Waals surface area (Å²) in [6, 6.07) is 15.6. The van der Waals surface area contributed by atoms with Crippen molar-refractivity contribution < 1.29 is 4.79 Å². The van der Waals surface area contributed by atoms with Crippen LogP contribution in [0.3, 0.4) is 0 Å². The third-order valence-electron chi connectivity index (χ3n) is 3.96. The van der Waals surface area contributed by atoms with E-state index >= 15 is 0 Å². The molecule has 0 saturated heterocycles. The number of carbonyl (C=O) groups excluding carboxylic acids is 1. The van der Waals surface area contributed by atoms with E-state index in [0.717, 1.165) is 33.9 Å². The van der Waals surface area contributed by atoms with Gasteiger partial charge in [0.15, 0.2) is 0 Å². The van der Waals surface area contributed by atoms with Gasteiger partial charge in [0.2, 0.25) is 0 Å². The minimum atomic E-state index is -0.00296. The molecular weight excluding hydrogens is 314 g/mol. The van der Waals surface area contributed by atoms with Crippen LogP contribution in [0.2, 0.25) is 5.02 Å². The number of nitrogens with one attached hydrogen (secondary N) is 1. The van der Waals surface area contributed by atoms with E-state index in [1.54, 1.807) is 11.8 Å². The smallest absolute Gasteiger partial charge is 0.252 e. The Morgan fingerprint density at radius 2 is 1.86 bits per heavy atom. The fraction of sp³-hybridized carbons (Fsp3) is 0.278. The maximum Gasteiger partial charge on any atom is 0.252 e. The first-order valence-electron chi connectivity index (χ1n) is 7.38. The summed E-state index contributed by atoms with van der Waals surface area (Å²) < 4.78 is 0. The van der Waals surface area contributed by atoms with Crippen molar-refractivity contribution >= 4 is 29.3 Å². The zero-order valence-corrected chi connectivity index (χ0v) is 14.0. The van der Waals surface area contributed by atoms with E-state index < -0.39 is 0 Å². The Labute approximate surface area is 140 Å². The van der Waals surface area contributed by atoms with Crippen LogP contribution in [0.5, 0.6) is 0 Å². The number of hydrogen-bond acceptors (Lipinski definition) is 2. The molecule has 114 valence electrons. The Balaban J connectivity index is 1.82. The summed E-state index contributed by atoms with van der Waals surface area (Å²) in [4.78, 5) is 13.7. The minimum absolute atomic E-state index is 0.00296. The van der Waals surface area contributed by atoms with Crippen molar-refractivity contribution in [3.8, 4) is 0 Å². The van der Waals surface area contributed by atoms with Crippen LogP contribution in [-0.2, 0) is 0 Å². The summed E-state index contributed by atoms with van der Waals surface area (Å²) in [5.41, 5.74) is 1.87. The van der Waals surface area contributed by atoms with E-state index in [2.05, 4.69) is 5.32 Å². The highest BCUT2D eigenvalue weighted by Crippen LogP contribution is 2.41. The first kappa shape index (κ1) is 15.4. The lowest BCUT2D eigenvalue weighted by Crippen LogP contribution is -2.30. The van der Waals surface area contributed by atoms with Gasteiger partial charge in [0.25, 0.3) is 5.91 Å². The van der Waals surface area contributed by atoms with Crippen molar-refractivity contribution in [2.75, 3.05) is 6.26 Å². The van der Waals surface area contributed by atoms with Gasteiger partial charge in [0, 0.05) is 9.92 Å². The summed E-state index contributed by atoms with van der Waals surface area (Å²) >= 11 is 7.56. The van der Waals surface area contributed by atoms with Crippen LogP contribution in [0.4, 0.5) is 0 Å². The van der Waals surface area contributed by atoms with Gasteiger partial charge in [0.05, 0.1) is 11.6 Å². The van der Waals surface area contributed by atoms with Crippen LogP contribution < -0.4 is 5.32 Å². The molecule has 2 aromatic carbocycles. The summed E-state index contributed by atoms with van der Waals surface area (Å²) in [5, 5.41) is 3.93. The average molecular weight is 332 g/mol. The standard InChI is InChI=1S/C18H18ClNOS/c1-22-16-5-3-2-4-15(16)18(21)20-17(12-6-7-12)13-8-10-14(19)11-9-13/h2-5,8-12,17H,6-7H2,1H3,(H,20,21). The Morgan fingerprint density at radius 1 is 1.18 bits per heavy atom. The highest BCUT2D eigenvalue weighted by molar-refractivity contribution is 7.98. The molecule has 4 heteroatoms. The predicted molar refractivity (Wildman–Crippen MR) is 92.6 cm³/mol. The molecular formula is C18H18ClNOS. The second-order valence-electron chi connectivity index (χ2n) is 5.54. The molecule has 2 nitrogen and oxygen atoms in total. The Hall–Kier alpha value is -1.45. The first-order chi connectivity index (χ1) is 10.7. The molecule has 1 atom stereocenters. The Morgan fingerprint density at radius 3 is 2.50 bits per heavy atom. The fourth-order valence-electron chi connectivity index (χ4n) is 2.62. The van der Waals surface area contributed by atoms with Gasteiger partial charge in [-0.05, 0) is 54.8 Å². The van der Waals surface area contributed by atoms with E-state index in [0.29, 0.717) is 5.92 Å². The number of halogens is 1. The SMILES string of the molecule is CSc1ccccc1C(=O)NC(c1ccc(Cl)cc1)C1CC1. The third kappa shape index (κ3) is 3.47. The molecule has 0 spiro atoms. The quantitative estimate of drug-likeness (QED) is 0.786. The molecule has 1 saturated carbocycles. The number of benzene rings is 2. The van der Waals surface area contributed by atoms with Gasteiger partial charge in [-0.3, -0.25) is 4.79 Å². The molecule has 1 aliphatic carbocycles. The average Bonchev–Trinajstić information content (AvgIpc) is 3.38. The number of carbonyl (C=O) groups is 1. The van der Waals surface area contributed by atoms with Crippen LogP contribution in [-0.4, -0.2) is 12.2 Å². The number of hydrogen-bond donors (Lipinski definition) is 1.